The third kappa shape index (κ3) is 3.23. The average molecular weight is 517 g/mol. The average Bonchev–Trinajstić information content (AvgIpc) is 3.51. The van der Waals surface area contributed by atoms with Crippen molar-refractivity contribution in [1.82, 2.24) is 29.1 Å². The number of pyridine rings is 4. The Kier molecular flexibility index (Phi) is 4.85. The van der Waals surface area contributed by atoms with E-state index >= 15 is 0 Å². The van der Waals surface area contributed by atoms with Crippen molar-refractivity contribution in [2.24, 2.45) is 0 Å². The van der Waals surface area contributed by atoms with E-state index in [-0.39, 0.29) is 0 Å². The zero-order valence-corrected chi connectivity index (χ0v) is 22.1. The lowest BCUT2D eigenvalue weighted by Gasteiger charge is -2.15. The van der Waals surface area contributed by atoms with Crippen molar-refractivity contribution in [3.63, 3.8) is 0 Å². The van der Waals surface area contributed by atoms with Gasteiger partial charge in [-0.05, 0) is 84.6 Å². The van der Waals surface area contributed by atoms with Crippen LogP contribution in [0.25, 0.3) is 66.1 Å². The summed E-state index contributed by atoms with van der Waals surface area (Å²) in [6.45, 7) is 4.38. The summed E-state index contributed by atoms with van der Waals surface area (Å²) in [4.78, 5) is 17.5. The zero-order valence-electron chi connectivity index (χ0n) is 22.1. The van der Waals surface area contributed by atoms with Crippen molar-refractivity contribution in [1.29, 1.82) is 0 Å². The van der Waals surface area contributed by atoms with E-state index in [1.54, 1.807) is 0 Å². The van der Waals surface area contributed by atoms with Gasteiger partial charge in [0.15, 0.2) is 0 Å². The number of rotatable bonds is 3. The molecule has 6 aromatic heterocycles. The largest absolute Gasteiger partial charge is 0.309 e. The Morgan fingerprint density at radius 1 is 0.425 bits per heavy atom. The summed E-state index contributed by atoms with van der Waals surface area (Å²) < 4.78 is 4.57. The molecule has 0 bridgehead atoms. The number of aryl methyl sites for hydroxylation is 2. The van der Waals surface area contributed by atoms with Crippen molar-refractivity contribution in [3.8, 4) is 22.5 Å². The molecule has 8 aromatic rings. The zero-order chi connectivity index (χ0) is 26.8. The van der Waals surface area contributed by atoms with Crippen LogP contribution in [0.15, 0.2) is 110 Å². The van der Waals surface area contributed by atoms with Crippen LogP contribution in [0.3, 0.4) is 0 Å². The minimum Gasteiger partial charge on any atom is -0.309 e. The molecule has 0 fully saturated rings. The number of nitrogens with zero attached hydrogens (tertiary/aromatic N) is 6. The molecule has 190 valence electrons. The first-order valence-corrected chi connectivity index (χ1v) is 13.3. The van der Waals surface area contributed by atoms with Gasteiger partial charge in [0.25, 0.3) is 0 Å². The highest BCUT2D eigenvalue weighted by atomic mass is 15.0. The van der Waals surface area contributed by atoms with Gasteiger partial charge in [0.2, 0.25) is 0 Å². The fraction of sp³-hybridized carbons (Fsp3) is 0.0588. The van der Waals surface area contributed by atoms with Gasteiger partial charge in [-0.25, -0.2) is 0 Å². The molecule has 0 aliphatic heterocycles. The number of hydrogen-bond acceptors (Lipinski definition) is 4. The van der Waals surface area contributed by atoms with E-state index in [0.29, 0.717) is 0 Å². The Morgan fingerprint density at radius 2 is 0.850 bits per heavy atom. The predicted octanol–water partition coefficient (Wildman–Crippen LogP) is 7.74. The molecular formula is C34H24N6. The lowest BCUT2D eigenvalue weighted by molar-refractivity contribution is 1.15. The van der Waals surface area contributed by atoms with Crippen LogP contribution in [0.5, 0.6) is 0 Å². The molecule has 0 atom stereocenters. The Hall–Kier alpha value is -5.36. The maximum atomic E-state index is 4.41. The van der Waals surface area contributed by atoms with Gasteiger partial charge in [-0.2, -0.15) is 0 Å². The summed E-state index contributed by atoms with van der Waals surface area (Å²) in [7, 11) is 0. The lowest BCUT2D eigenvalue weighted by Crippen LogP contribution is -1.98. The number of fused-ring (bicyclic) bond motifs is 6. The molecule has 0 spiro atoms. The third-order valence-electron chi connectivity index (χ3n) is 7.96. The summed E-state index contributed by atoms with van der Waals surface area (Å²) in [6.07, 6.45) is 15.1. The maximum Gasteiger partial charge on any atom is 0.0725 e. The second-order valence-corrected chi connectivity index (χ2v) is 10.2. The van der Waals surface area contributed by atoms with E-state index in [2.05, 4.69) is 104 Å². The molecule has 6 heteroatoms. The van der Waals surface area contributed by atoms with Crippen LogP contribution < -0.4 is 0 Å². The number of benzene rings is 2. The Morgan fingerprint density at radius 3 is 1.35 bits per heavy atom. The second-order valence-electron chi connectivity index (χ2n) is 10.2. The maximum absolute atomic E-state index is 4.41. The molecule has 6 nitrogen and oxygen atoms in total. The van der Waals surface area contributed by atoms with Crippen molar-refractivity contribution in [2.45, 2.75) is 13.8 Å². The first kappa shape index (κ1) is 22.6. The second kappa shape index (κ2) is 8.58. The molecule has 8 rings (SSSR count). The van der Waals surface area contributed by atoms with Gasteiger partial charge in [0.05, 0.1) is 28.3 Å². The monoisotopic (exact) mass is 516 g/mol. The predicted molar refractivity (Wildman–Crippen MR) is 161 cm³/mol. The molecule has 0 aliphatic rings. The SMILES string of the molecule is Cc1cc(-n2c3ccncc3c3cnccc32)ccc1-c1ccc(-n2c3ccncc3c3ccncc32)cc1C. The highest BCUT2D eigenvalue weighted by Crippen LogP contribution is 2.36. The standard InChI is InChI=1S/C34H24N6/c1-21-15-23(39-32-9-13-36-18-29(32)30-19-37-14-10-33(30)39)3-5-25(21)26-6-4-24(16-22(26)2)40-31-8-12-35-17-28(31)27-7-11-38-20-34(27)40/h3-20H,1-2H3. The minimum absolute atomic E-state index is 1.08. The van der Waals surface area contributed by atoms with Crippen molar-refractivity contribution >= 4 is 43.6 Å². The molecule has 0 saturated carbocycles. The van der Waals surface area contributed by atoms with E-state index in [4.69, 9.17) is 0 Å². The van der Waals surface area contributed by atoms with Gasteiger partial charge >= 0.3 is 0 Å². The Bertz CT molecular complexity index is 1990. The molecule has 0 N–H and O–H groups in total. The van der Waals surface area contributed by atoms with Gasteiger partial charge in [0.1, 0.15) is 0 Å². The van der Waals surface area contributed by atoms with Crippen LogP contribution in [0.4, 0.5) is 0 Å². The van der Waals surface area contributed by atoms with Gasteiger partial charge in [-0.1, -0.05) is 12.1 Å². The third-order valence-corrected chi connectivity index (χ3v) is 7.96. The first-order chi connectivity index (χ1) is 19.7. The van der Waals surface area contributed by atoms with Gasteiger partial charge < -0.3 is 9.13 Å². The highest BCUT2D eigenvalue weighted by Gasteiger charge is 2.16. The molecule has 0 amide bonds. The lowest BCUT2D eigenvalue weighted by atomic mass is 9.95. The first-order valence-electron chi connectivity index (χ1n) is 13.3. The summed E-state index contributed by atoms with van der Waals surface area (Å²) >= 11 is 0. The Balaban J connectivity index is 1.25. The fourth-order valence-corrected chi connectivity index (χ4v) is 6.16. The van der Waals surface area contributed by atoms with E-state index in [9.17, 15) is 0 Å². The van der Waals surface area contributed by atoms with Crippen LogP contribution in [0.1, 0.15) is 11.1 Å². The molecule has 0 radical (unpaired) electrons. The van der Waals surface area contributed by atoms with E-state index in [0.717, 1.165) is 55.0 Å². The summed E-state index contributed by atoms with van der Waals surface area (Å²) in [5.41, 5.74) is 11.6. The summed E-state index contributed by atoms with van der Waals surface area (Å²) in [5, 5.41) is 4.50. The number of aromatic nitrogens is 6. The van der Waals surface area contributed by atoms with Gasteiger partial charge in [0, 0.05) is 76.3 Å². The van der Waals surface area contributed by atoms with Crippen molar-refractivity contribution < 1.29 is 0 Å². The summed E-state index contributed by atoms with van der Waals surface area (Å²) in [6, 6.07) is 21.7. The molecule has 0 unspecified atom stereocenters. The quantitative estimate of drug-likeness (QED) is 0.241. The van der Waals surface area contributed by atoms with E-state index in [1.807, 2.05) is 49.6 Å². The molecule has 6 heterocycles. The fourth-order valence-electron chi connectivity index (χ4n) is 6.16. The molecule has 0 aliphatic carbocycles. The minimum atomic E-state index is 1.08. The topological polar surface area (TPSA) is 61.4 Å². The van der Waals surface area contributed by atoms with Crippen LogP contribution in [-0.2, 0) is 0 Å². The smallest absolute Gasteiger partial charge is 0.0725 e. The van der Waals surface area contributed by atoms with Crippen LogP contribution in [0.2, 0.25) is 0 Å². The van der Waals surface area contributed by atoms with E-state index in [1.165, 1.54) is 22.3 Å². The number of hydrogen-bond donors (Lipinski definition) is 0. The molecule has 40 heavy (non-hydrogen) atoms. The molecule has 2 aromatic carbocycles. The molecule has 0 saturated heterocycles. The molecular weight excluding hydrogens is 492 g/mol. The van der Waals surface area contributed by atoms with Crippen molar-refractivity contribution in [3.05, 3.63) is 121 Å². The van der Waals surface area contributed by atoms with Crippen LogP contribution in [-0.4, -0.2) is 29.1 Å². The van der Waals surface area contributed by atoms with Gasteiger partial charge in [-0.3, -0.25) is 19.9 Å². The van der Waals surface area contributed by atoms with E-state index < -0.39 is 0 Å². The normalized spacial score (nSPS) is 11.8. The van der Waals surface area contributed by atoms with Crippen LogP contribution in [0, 0.1) is 13.8 Å². The Labute approximate surface area is 230 Å². The van der Waals surface area contributed by atoms with Crippen LogP contribution >= 0.6 is 0 Å². The summed E-state index contributed by atoms with van der Waals surface area (Å²) in [5.74, 6) is 0. The van der Waals surface area contributed by atoms with Crippen molar-refractivity contribution in [2.75, 3.05) is 0 Å². The van der Waals surface area contributed by atoms with Gasteiger partial charge in [-0.15, -0.1) is 0 Å². The highest BCUT2D eigenvalue weighted by molar-refractivity contribution is 6.09.